The second kappa shape index (κ2) is 51.0. The zero-order valence-electron chi connectivity index (χ0n) is 41.3. The highest BCUT2D eigenvalue weighted by Gasteiger charge is 2.25. The highest BCUT2D eigenvalue weighted by Crippen LogP contribution is 2.43. The Hall–Kier alpha value is -4.37. The minimum Gasteiger partial charge on any atom is -0.462 e. The molecule has 0 saturated carbocycles. The van der Waals surface area contributed by atoms with Gasteiger partial charge in [-0.15, -0.1) is 0 Å². The number of allylic oxidation sites excluding steroid dienone is 26. The number of esters is 2. The van der Waals surface area contributed by atoms with E-state index in [0.29, 0.717) is 12.8 Å². The topological polar surface area (TPSA) is 134 Å². The Kier molecular flexibility index (Phi) is 47.7. The molecule has 0 aromatic heterocycles. The highest BCUT2D eigenvalue weighted by molar-refractivity contribution is 7.47. The predicted molar refractivity (Wildman–Crippen MR) is 283 cm³/mol. The van der Waals surface area contributed by atoms with Crippen molar-refractivity contribution >= 4 is 19.8 Å². The van der Waals surface area contributed by atoms with Crippen LogP contribution >= 0.6 is 7.82 Å². The van der Waals surface area contributed by atoms with E-state index in [4.69, 9.17) is 24.3 Å². The summed E-state index contributed by atoms with van der Waals surface area (Å²) >= 11 is 0. The third kappa shape index (κ3) is 50.9. The van der Waals surface area contributed by atoms with Gasteiger partial charge in [-0.1, -0.05) is 191 Å². The highest BCUT2D eigenvalue weighted by atomic mass is 31.2. The van der Waals surface area contributed by atoms with Gasteiger partial charge in [-0.05, 0) is 109 Å². The zero-order chi connectivity index (χ0) is 48.8. The van der Waals surface area contributed by atoms with E-state index < -0.39 is 32.5 Å². The van der Waals surface area contributed by atoms with Gasteiger partial charge in [0.05, 0.1) is 13.2 Å². The fourth-order valence-corrected chi connectivity index (χ4v) is 6.58. The zero-order valence-corrected chi connectivity index (χ0v) is 42.2. The SMILES string of the molecule is CC/C=C\C/C=C\C/C=C\C/C=C\C/C=C\C/C=C\C/C=C\C/C=C\C/C=C\CCCCCCCC(=O)OC(COC(=O)CC/C=C\C/C=C\C/C=C\C/C=C\CC)COP(=O)(O)OCCN. The molecule has 67 heavy (non-hydrogen) atoms. The van der Waals surface area contributed by atoms with Crippen molar-refractivity contribution < 1.29 is 37.6 Å². The van der Waals surface area contributed by atoms with Crippen LogP contribution in [0.4, 0.5) is 0 Å². The first-order valence-corrected chi connectivity index (χ1v) is 26.5. The van der Waals surface area contributed by atoms with E-state index in [1.165, 1.54) is 0 Å². The molecule has 0 saturated heterocycles. The lowest BCUT2D eigenvalue weighted by Gasteiger charge is -2.19. The van der Waals surface area contributed by atoms with Gasteiger partial charge in [0, 0.05) is 19.4 Å². The maximum absolute atomic E-state index is 12.6. The number of phosphoric ester groups is 1. The van der Waals surface area contributed by atoms with Gasteiger partial charge >= 0.3 is 19.8 Å². The lowest BCUT2D eigenvalue weighted by atomic mass is 10.1. The van der Waals surface area contributed by atoms with Crippen LogP contribution < -0.4 is 5.73 Å². The number of ether oxygens (including phenoxy) is 2. The van der Waals surface area contributed by atoms with E-state index in [1.54, 1.807) is 0 Å². The van der Waals surface area contributed by atoms with Gasteiger partial charge in [0.1, 0.15) is 6.61 Å². The van der Waals surface area contributed by atoms with Crippen LogP contribution in [0.1, 0.15) is 155 Å². The van der Waals surface area contributed by atoms with Gasteiger partial charge in [0.25, 0.3) is 0 Å². The van der Waals surface area contributed by atoms with Crippen molar-refractivity contribution in [2.45, 2.75) is 161 Å². The molecule has 0 amide bonds. The molecule has 0 aliphatic rings. The molecule has 3 N–H and O–H groups in total. The molecule has 0 fully saturated rings. The summed E-state index contributed by atoms with van der Waals surface area (Å²) in [6.07, 6.45) is 74.5. The van der Waals surface area contributed by atoms with Gasteiger partial charge in [0.2, 0.25) is 0 Å². The second-order valence-electron chi connectivity index (χ2n) is 15.6. The summed E-state index contributed by atoms with van der Waals surface area (Å²) in [7, 11) is -4.41. The van der Waals surface area contributed by atoms with Crippen LogP contribution in [0.2, 0.25) is 0 Å². The number of unbranched alkanes of at least 4 members (excludes halogenated alkanes) is 5. The van der Waals surface area contributed by atoms with Gasteiger partial charge in [-0.2, -0.15) is 0 Å². The Balaban J connectivity index is 4.17. The smallest absolute Gasteiger partial charge is 0.462 e. The number of rotatable bonds is 44. The lowest BCUT2D eigenvalue weighted by molar-refractivity contribution is -0.161. The van der Waals surface area contributed by atoms with Crippen molar-refractivity contribution in [1.29, 1.82) is 0 Å². The molecule has 2 atom stereocenters. The molecule has 0 bridgehead atoms. The number of hydrogen-bond donors (Lipinski definition) is 2. The van der Waals surface area contributed by atoms with Crippen LogP contribution in [-0.2, 0) is 32.7 Å². The summed E-state index contributed by atoms with van der Waals surface area (Å²) in [5.74, 6) is -0.964. The largest absolute Gasteiger partial charge is 0.472 e. The molecule has 0 aliphatic carbocycles. The molecular weight excluding hydrogens is 858 g/mol. The normalized spacial score (nSPS) is 14.5. The molecule has 374 valence electrons. The van der Waals surface area contributed by atoms with Gasteiger partial charge in [-0.3, -0.25) is 18.6 Å². The Labute approximate surface area is 407 Å². The molecular formula is C57H88NO8P. The number of nitrogens with two attached hydrogens (primary N) is 1. The Morgan fingerprint density at radius 2 is 0.806 bits per heavy atom. The molecule has 9 nitrogen and oxygen atoms in total. The summed E-state index contributed by atoms with van der Waals surface area (Å²) in [4.78, 5) is 34.9. The molecule has 2 unspecified atom stereocenters. The summed E-state index contributed by atoms with van der Waals surface area (Å²) in [5, 5.41) is 0. The maximum atomic E-state index is 12.6. The quantitative estimate of drug-likeness (QED) is 0.0265. The van der Waals surface area contributed by atoms with E-state index in [2.05, 4.69) is 160 Å². The average molecular weight is 946 g/mol. The van der Waals surface area contributed by atoms with Crippen molar-refractivity contribution in [3.63, 3.8) is 0 Å². The van der Waals surface area contributed by atoms with Crippen molar-refractivity contribution in [2.24, 2.45) is 5.73 Å². The molecule has 0 aromatic carbocycles. The minimum absolute atomic E-state index is 0.0316. The Bertz CT molecular complexity index is 1640. The molecule has 0 aromatic rings. The first kappa shape index (κ1) is 62.6. The summed E-state index contributed by atoms with van der Waals surface area (Å²) in [6.45, 7) is 3.35. The van der Waals surface area contributed by atoms with Crippen molar-refractivity contribution in [2.75, 3.05) is 26.4 Å². The van der Waals surface area contributed by atoms with E-state index in [9.17, 15) is 19.0 Å². The Morgan fingerprint density at radius 3 is 1.21 bits per heavy atom. The first-order valence-electron chi connectivity index (χ1n) is 25.0. The van der Waals surface area contributed by atoms with E-state index in [0.717, 1.165) is 116 Å². The maximum Gasteiger partial charge on any atom is 0.472 e. The van der Waals surface area contributed by atoms with Crippen molar-refractivity contribution in [3.8, 4) is 0 Å². The van der Waals surface area contributed by atoms with Crippen molar-refractivity contribution in [1.82, 2.24) is 0 Å². The predicted octanol–water partition coefficient (Wildman–Crippen LogP) is 15.4. The monoisotopic (exact) mass is 946 g/mol. The van der Waals surface area contributed by atoms with Crippen LogP contribution in [0.25, 0.3) is 0 Å². The van der Waals surface area contributed by atoms with Crippen LogP contribution in [0, 0.1) is 0 Å². The number of carbonyl (C=O) groups excluding carboxylic acids is 2. The molecule has 0 rings (SSSR count). The summed E-state index contributed by atoms with van der Waals surface area (Å²) < 4.78 is 32.7. The third-order valence-electron chi connectivity index (χ3n) is 9.42. The van der Waals surface area contributed by atoms with Gasteiger partial charge in [-0.25, -0.2) is 4.57 Å². The van der Waals surface area contributed by atoms with Crippen LogP contribution in [0.5, 0.6) is 0 Å². The lowest BCUT2D eigenvalue weighted by Crippen LogP contribution is -2.29. The summed E-state index contributed by atoms with van der Waals surface area (Å²) in [5.41, 5.74) is 5.35. The minimum atomic E-state index is -4.41. The Morgan fingerprint density at radius 1 is 0.448 bits per heavy atom. The number of carbonyl (C=O) groups is 2. The van der Waals surface area contributed by atoms with E-state index in [-0.39, 0.29) is 32.6 Å². The molecule has 10 heteroatoms. The van der Waals surface area contributed by atoms with Crippen molar-refractivity contribution in [3.05, 3.63) is 158 Å². The van der Waals surface area contributed by atoms with Crippen LogP contribution in [-0.4, -0.2) is 49.3 Å². The first-order chi connectivity index (χ1) is 32.8. The average Bonchev–Trinajstić information content (AvgIpc) is 3.32. The molecule has 0 spiro atoms. The fraction of sp³-hybridized carbons (Fsp3) is 0.509. The number of hydrogen-bond acceptors (Lipinski definition) is 8. The third-order valence-corrected chi connectivity index (χ3v) is 10.4. The van der Waals surface area contributed by atoms with E-state index in [1.807, 2.05) is 12.2 Å². The van der Waals surface area contributed by atoms with Crippen LogP contribution in [0.3, 0.4) is 0 Å². The van der Waals surface area contributed by atoms with E-state index >= 15 is 0 Å². The second-order valence-corrected chi connectivity index (χ2v) is 17.0. The fourth-order valence-electron chi connectivity index (χ4n) is 5.81. The standard InChI is InChI=1S/C57H88NO8P/c1-3-5-7-9-11-13-15-17-18-19-20-21-22-23-24-25-26-27-28-29-30-31-32-33-34-35-36-38-40-42-44-46-48-50-57(60)66-55(54-65-67(61,62)64-52-51-58)53-63-56(59)49-47-45-43-41-39-37-16-14-12-10-8-6-4-2/h5-8,11-14,17-18,20-21,23-24,26-27,29-30,32-33,35-37,39,43,45,55H,3-4,9-10,15-16,19,22,25,28,31,34,38,40-42,44,46-54,58H2,1-2H3,(H,61,62)/b7-5-,8-6-,13-11-,14-12-,18-17-,21-20-,24-23-,27-26-,30-29-,33-32-,36-35-,39-37-,45-43-. The van der Waals surface area contributed by atoms with Crippen LogP contribution in [0.15, 0.2) is 158 Å². The molecule has 0 aliphatic heterocycles. The van der Waals surface area contributed by atoms with Gasteiger partial charge < -0.3 is 20.1 Å². The molecule has 0 radical (unpaired) electrons. The molecule has 0 heterocycles. The van der Waals surface area contributed by atoms with Gasteiger partial charge in [0.15, 0.2) is 6.10 Å². The number of phosphoric acid groups is 1. The summed E-state index contributed by atoms with van der Waals surface area (Å²) in [6, 6.07) is 0.